The predicted molar refractivity (Wildman–Crippen MR) is 87.2 cm³/mol. The maximum absolute atomic E-state index is 4.47. The second-order valence-corrected chi connectivity index (χ2v) is 4.93. The highest BCUT2D eigenvalue weighted by Gasteiger charge is 1.90. The van der Waals surface area contributed by atoms with Crippen LogP contribution in [-0.4, -0.2) is 6.21 Å². The molecule has 0 aliphatic carbocycles. The van der Waals surface area contributed by atoms with Crippen LogP contribution in [0.5, 0.6) is 0 Å². The summed E-state index contributed by atoms with van der Waals surface area (Å²) in [4.78, 5) is 4.47. The average Bonchev–Trinajstić information content (AvgIpc) is 2.49. The van der Waals surface area contributed by atoms with Crippen molar-refractivity contribution in [3.05, 3.63) is 83.4 Å². The van der Waals surface area contributed by atoms with Crippen LogP contribution in [0, 0.1) is 0 Å². The molecular weight excluding hydrogens is 242 g/mol. The van der Waals surface area contributed by atoms with Gasteiger partial charge in [-0.3, -0.25) is 4.99 Å². The molecule has 0 heterocycles. The monoisotopic (exact) mass is 263 g/mol. The molecule has 0 bridgehead atoms. The quantitative estimate of drug-likeness (QED) is 0.661. The van der Waals surface area contributed by atoms with Gasteiger partial charge in [-0.1, -0.05) is 66.7 Å². The van der Waals surface area contributed by atoms with E-state index in [2.05, 4.69) is 60.5 Å². The fraction of sp³-hybridized carbons (Fsp3) is 0.211. The number of aryl methyl sites for hydroxylation is 1. The Hall–Kier alpha value is -2.15. The number of aliphatic imine (C=N–C) groups is 1. The molecule has 20 heavy (non-hydrogen) atoms. The summed E-state index contributed by atoms with van der Waals surface area (Å²) in [6.07, 6.45) is 6.37. The van der Waals surface area contributed by atoms with Crippen LogP contribution in [-0.2, 0) is 13.0 Å². The first-order chi connectivity index (χ1) is 9.84. The molecule has 102 valence electrons. The molecule has 2 aromatic rings. The summed E-state index contributed by atoms with van der Waals surface area (Å²) in [7, 11) is 0. The van der Waals surface area contributed by atoms with Crippen molar-refractivity contribution >= 4 is 6.21 Å². The summed E-state index contributed by atoms with van der Waals surface area (Å²) < 4.78 is 0. The van der Waals surface area contributed by atoms with Gasteiger partial charge in [0, 0.05) is 6.21 Å². The molecule has 0 saturated heterocycles. The topological polar surface area (TPSA) is 12.4 Å². The Balaban J connectivity index is 1.76. The molecule has 0 N–H and O–H groups in total. The van der Waals surface area contributed by atoms with E-state index in [1.807, 2.05) is 24.4 Å². The molecule has 1 heteroatoms. The van der Waals surface area contributed by atoms with E-state index in [0.29, 0.717) is 0 Å². The average molecular weight is 263 g/mol. The van der Waals surface area contributed by atoms with Gasteiger partial charge in [-0.05, 0) is 36.5 Å². The third-order valence-corrected chi connectivity index (χ3v) is 3.15. The molecule has 0 radical (unpaired) electrons. The predicted octanol–water partition coefficient (Wildman–Crippen LogP) is 4.84. The lowest BCUT2D eigenvalue weighted by atomic mass is 10.1. The number of hydrogen-bond donors (Lipinski definition) is 0. The normalized spacial score (nSPS) is 11.9. The SMILES string of the molecule is C/C(C=NCc1ccccc1)=C/CCc1ccccc1. The highest BCUT2D eigenvalue weighted by atomic mass is 14.7. The lowest BCUT2D eigenvalue weighted by Crippen LogP contribution is -1.86. The highest BCUT2D eigenvalue weighted by Crippen LogP contribution is 2.05. The maximum atomic E-state index is 4.47. The molecule has 0 aliphatic rings. The van der Waals surface area contributed by atoms with Crippen LogP contribution in [0.3, 0.4) is 0 Å². The zero-order chi connectivity index (χ0) is 14.0. The van der Waals surface area contributed by atoms with Gasteiger partial charge in [0.05, 0.1) is 6.54 Å². The Kier molecular flexibility index (Phi) is 5.78. The summed E-state index contributed by atoms with van der Waals surface area (Å²) in [5.41, 5.74) is 3.87. The van der Waals surface area contributed by atoms with Crippen molar-refractivity contribution in [3.8, 4) is 0 Å². The molecule has 0 aromatic heterocycles. The number of allylic oxidation sites excluding steroid dienone is 2. The zero-order valence-electron chi connectivity index (χ0n) is 12.0. The van der Waals surface area contributed by atoms with Crippen LogP contribution in [0.15, 0.2) is 77.3 Å². The van der Waals surface area contributed by atoms with Crippen LogP contribution in [0.1, 0.15) is 24.5 Å². The summed E-state index contributed by atoms with van der Waals surface area (Å²) >= 11 is 0. The van der Waals surface area contributed by atoms with Gasteiger partial charge in [0.25, 0.3) is 0 Å². The van der Waals surface area contributed by atoms with Gasteiger partial charge >= 0.3 is 0 Å². The van der Waals surface area contributed by atoms with Crippen molar-refractivity contribution in [3.63, 3.8) is 0 Å². The minimum absolute atomic E-state index is 0.755. The van der Waals surface area contributed by atoms with E-state index in [0.717, 1.165) is 19.4 Å². The van der Waals surface area contributed by atoms with Gasteiger partial charge < -0.3 is 0 Å². The van der Waals surface area contributed by atoms with Crippen molar-refractivity contribution in [2.75, 3.05) is 0 Å². The van der Waals surface area contributed by atoms with Gasteiger partial charge in [0.15, 0.2) is 0 Å². The fourth-order valence-corrected chi connectivity index (χ4v) is 2.04. The fourth-order valence-electron chi connectivity index (χ4n) is 2.04. The molecule has 0 saturated carbocycles. The van der Waals surface area contributed by atoms with Crippen LogP contribution < -0.4 is 0 Å². The Morgan fingerprint density at radius 2 is 1.50 bits per heavy atom. The van der Waals surface area contributed by atoms with Gasteiger partial charge in [-0.2, -0.15) is 0 Å². The van der Waals surface area contributed by atoms with Gasteiger partial charge in [0.1, 0.15) is 0 Å². The lowest BCUT2D eigenvalue weighted by molar-refractivity contribution is 0.995. The zero-order valence-corrected chi connectivity index (χ0v) is 12.0. The summed E-state index contributed by atoms with van der Waals surface area (Å²) in [5, 5.41) is 0. The second-order valence-electron chi connectivity index (χ2n) is 4.93. The van der Waals surface area contributed by atoms with E-state index in [1.165, 1.54) is 16.7 Å². The summed E-state index contributed by atoms with van der Waals surface area (Å²) in [5.74, 6) is 0. The van der Waals surface area contributed by atoms with Crippen LogP contribution >= 0.6 is 0 Å². The van der Waals surface area contributed by atoms with E-state index in [-0.39, 0.29) is 0 Å². The first kappa shape index (κ1) is 14.3. The number of rotatable bonds is 6. The highest BCUT2D eigenvalue weighted by molar-refractivity contribution is 5.77. The Bertz CT molecular complexity index is 553. The molecule has 0 unspecified atom stereocenters. The van der Waals surface area contributed by atoms with Crippen molar-refractivity contribution in [2.45, 2.75) is 26.3 Å². The maximum Gasteiger partial charge on any atom is 0.0639 e. The molecule has 0 aliphatic heterocycles. The standard InChI is InChI=1S/C19H21N/c1-17(9-8-14-18-10-4-2-5-11-18)15-20-16-19-12-6-3-7-13-19/h2-7,9-13,15H,8,14,16H2,1H3/b17-9-,20-15?. The van der Waals surface area contributed by atoms with Crippen molar-refractivity contribution in [2.24, 2.45) is 4.99 Å². The van der Waals surface area contributed by atoms with E-state index in [9.17, 15) is 0 Å². The summed E-state index contributed by atoms with van der Waals surface area (Å²) in [6.45, 7) is 2.87. The smallest absolute Gasteiger partial charge is 0.0639 e. The molecule has 2 rings (SSSR count). The third-order valence-electron chi connectivity index (χ3n) is 3.15. The Morgan fingerprint density at radius 3 is 2.15 bits per heavy atom. The Morgan fingerprint density at radius 1 is 0.900 bits per heavy atom. The number of nitrogens with zero attached hydrogens (tertiary/aromatic N) is 1. The van der Waals surface area contributed by atoms with Gasteiger partial charge in [0.2, 0.25) is 0 Å². The molecule has 0 amide bonds. The van der Waals surface area contributed by atoms with E-state index in [1.54, 1.807) is 0 Å². The number of hydrogen-bond acceptors (Lipinski definition) is 1. The molecule has 0 spiro atoms. The summed E-state index contributed by atoms with van der Waals surface area (Å²) in [6, 6.07) is 20.9. The van der Waals surface area contributed by atoms with E-state index in [4.69, 9.17) is 0 Å². The van der Waals surface area contributed by atoms with Crippen molar-refractivity contribution in [1.29, 1.82) is 0 Å². The second kappa shape index (κ2) is 8.11. The first-order valence-electron chi connectivity index (χ1n) is 7.09. The van der Waals surface area contributed by atoms with Crippen LogP contribution in [0.4, 0.5) is 0 Å². The largest absolute Gasteiger partial charge is 0.288 e. The Labute approximate surface area is 121 Å². The van der Waals surface area contributed by atoms with Gasteiger partial charge in [-0.15, -0.1) is 0 Å². The minimum Gasteiger partial charge on any atom is -0.288 e. The molecular formula is C19H21N. The first-order valence-corrected chi connectivity index (χ1v) is 7.09. The van der Waals surface area contributed by atoms with Crippen LogP contribution in [0.25, 0.3) is 0 Å². The molecule has 1 nitrogen and oxygen atoms in total. The van der Waals surface area contributed by atoms with Crippen LogP contribution in [0.2, 0.25) is 0 Å². The van der Waals surface area contributed by atoms with Gasteiger partial charge in [-0.25, -0.2) is 0 Å². The molecule has 0 atom stereocenters. The third kappa shape index (κ3) is 5.23. The van der Waals surface area contributed by atoms with E-state index < -0.39 is 0 Å². The molecule has 0 fully saturated rings. The van der Waals surface area contributed by atoms with E-state index >= 15 is 0 Å². The lowest BCUT2D eigenvalue weighted by Gasteiger charge is -1.98. The van der Waals surface area contributed by atoms with Crippen molar-refractivity contribution in [1.82, 2.24) is 0 Å². The van der Waals surface area contributed by atoms with Crippen molar-refractivity contribution < 1.29 is 0 Å². The number of benzene rings is 2. The molecule has 2 aromatic carbocycles. The minimum atomic E-state index is 0.755.